The van der Waals surface area contributed by atoms with E-state index in [0.29, 0.717) is 21.5 Å². The van der Waals surface area contributed by atoms with Crippen molar-refractivity contribution in [1.82, 2.24) is 20.3 Å². The first kappa shape index (κ1) is 19.7. The third-order valence-electron chi connectivity index (χ3n) is 4.16. The molecule has 7 nitrogen and oxygen atoms in total. The molecule has 0 radical (unpaired) electrons. The molecule has 0 atom stereocenters. The number of ether oxygens (including phenoxy) is 1. The van der Waals surface area contributed by atoms with E-state index in [9.17, 15) is 9.18 Å². The summed E-state index contributed by atoms with van der Waals surface area (Å²) >= 11 is 3.23. The lowest BCUT2D eigenvalue weighted by atomic mass is 10.2. The molecule has 0 aliphatic heterocycles. The molecule has 4 aromatic rings. The molecule has 2 aromatic heterocycles. The molecule has 9 heteroatoms. The second kappa shape index (κ2) is 8.42. The van der Waals surface area contributed by atoms with Gasteiger partial charge in [0.25, 0.3) is 5.91 Å². The van der Waals surface area contributed by atoms with Gasteiger partial charge in [-0.2, -0.15) is 0 Å². The number of anilines is 2. The smallest absolute Gasteiger partial charge is 0.269 e. The van der Waals surface area contributed by atoms with Crippen molar-refractivity contribution >= 4 is 44.4 Å². The Morgan fingerprint density at radius 1 is 1.07 bits per heavy atom. The van der Waals surface area contributed by atoms with Crippen LogP contribution in [0.5, 0.6) is 11.5 Å². The molecule has 0 unspecified atom stereocenters. The molecule has 0 fully saturated rings. The lowest BCUT2D eigenvalue weighted by Gasteiger charge is -2.09. The topological polar surface area (TPSA) is 89.0 Å². The Bertz CT molecular complexity index is 1250. The summed E-state index contributed by atoms with van der Waals surface area (Å²) in [5.41, 5.74) is 1.20. The van der Waals surface area contributed by atoms with E-state index < -0.39 is 5.82 Å². The van der Waals surface area contributed by atoms with Crippen LogP contribution in [0, 0.1) is 5.82 Å². The third kappa shape index (κ3) is 4.36. The number of pyridine rings is 1. The highest BCUT2D eigenvalue weighted by atomic mass is 79.9. The lowest BCUT2D eigenvalue weighted by molar-refractivity contribution is 0.0958. The molecule has 0 saturated heterocycles. The molecule has 2 N–H and O–H groups in total. The van der Waals surface area contributed by atoms with Crippen LogP contribution in [-0.4, -0.2) is 27.9 Å². The van der Waals surface area contributed by atoms with Gasteiger partial charge < -0.3 is 15.4 Å². The summed E-state index contributed by atoms with van der Waals surface area (Å²) in [6.07, 6.45) is 3.13. The van der Waals surface area contributed by atoms with Crippen LogP contribution in [-0.2, 0) is 0 Å². The Kier molecular flexibility index (Phi) is 5.53. The summed E-state index contributed by atoms with van der Waals surface area (Å²) in [6.45, 7) is 0. The number of fused-ring (bicyclic) bond motifs is 1. The molecular weight excluding hydrogens is 453 g/mol. The number of nitrogens with zero attached hydrogens (tertiary/aromatic N) is 3. The zero-order valence-electron chi connectivity index (χ0n) is 15.7. The number of hydrogen-bond donors (Lipinski definition) is 2. The van der Waals surface area contributed by atoms with Gasteiger partial charge in [-0.1, -0.05) is 15.9 Å². The minimum atomic E-state index is -0.412. The number of amides is 1. The van der Waals surface area contributed by atoms with E-state index in [0.717, 1.165) is 5.39 Å². The van der Waals surface area contributed by atoms with Gasteiger partial charge in [-0.3, -0.25) is 9.78 Å². The SMILES string of the molecule is CNC(=O)c1cc(Oc2ccc3nc(Nc4ccc(Br)cc4F)ncc3c2)ccn1. The molecule has 0 spiro atoms. The normalized spacial score (nSPS) is 10.6. The average molecular weight is 468 g/mol. The Balaban J connectivity index is 1.55. The average Bonchev–Trinajstić information content (AvgIpc) is 2.75. The van der Waals surface area contributed by atoms with Gasteiger partial charge in [0.2, 0.25) is 5.95 Å². The number of hydrogen-bond acceptors (Lipinski definition) is 6. The summed E-state index contributed by atoms with van der Waals surface area (Å²) in [5, 5.41) is 6.14. The second-order valence-corrected chi connectivity index (χ2v) is 7.14. The van der Waals surface area contributed by atoms with E-state index in [4.69, 9.17) is 4.74 Å². The van der Waals surface area contributed by atoms with Gasteiger partial charge in [0, 0.05) is 35.4 Å². The number of nitrogens with one attached hydrogen (secondary N) is 2. The maximum Gasteiger partial charge on any atom is 0.269 e. The molecule has 30 heavy (non-hydrogen) atoms. The summed E-state index contributed by atoms with van der Waals surface area (Å²) in [4.78, 5) is 24.4. The van der Waals surface area contributed by atoms with Crippen LogP contribution < -0.4 is 15.4 Å². The number of carbonyl (C=O) groups excluding carboxylic acids is 1. The molecule has 2 heterocycles. The molecule has 0 aliphatic carbocycles. The van der Waals surface area contributed by atoms with Gasteiger partial charge in [-0.05, 0) is 42.5 Å². The van der Waals surface area contributed by atoms with Crippen LogP contribution in [0.15, 0.2) is 65.4 Å². The van der Waals surface area contributed by atoms with Crippen LogP contribution >= 0.6 is 15.9 Å². The van der Waals surface area contributed by atoms with Crippen molar-refractivity contribution in [3.63, 3.8) is 0 Å². The van der Waals surface area contributed by atoms with Gasteiger partial charge in [-0.15, -0.1) is 0 Å². The van der Waals surface area contributed by atoms with Gasteiger partial charge in [-0.25, -0.2) is 14.4 Å². The van der Waals surface area contributed by atoms with Gasteiger partial charge in [0.15, 0.2) is 0 Å². The van der Waals surface area contributed by atoms with Crippen molar-refractivity contribution in [2.45, 2.75) is 0 Å². The molecule has 0 aliphatic rings. The van der Waals surface area contributed by atoms with Crippen molar-refractivity contribution in [3.8, 4) is 11.5 Å². The predicted octanol–water partition coefficient (Wildman–Crippen LogP) is 4.82. The summed E-state index contributed by atoms with van der Waals surface area (Å²) < 4.78 is 20.5. The lowest BCUT2D eigenvalue weighted by Crippen LogP contribution is -2.18. The fourth-order valence-corrected chi connectivity index (χ4v) is 3.04. The van der Waals surface area contributed by atoms with Crippen LogP contribution in [0.4, 0.5) is 16.0 Å². The third-order valence-corrected chi connectivity index (χ3v) is 4.65. The molecule has 4 rings (SSSR count). The summed E-state index contributed by atoms with van der Waals surface area (Å²) in [7, 11) is 1.54. The zero-order valence-corrected chi connectivity index (χ0v) is 17.3. The van der Waals surface area contributed by atoms with Gasteiger partial charge in [0.05, 0.1) is 11.2 Å². The minimum Gasteiger partial charge on any atom is -0.457 e. The largest absolute Gasteiger partial charge is 0.457 e. The van der Waals surface area contributed by atoms with Crippen molar-refractivity contribution in [1.29, 1.82) is 0 Å². The van der Waals surface area contributed by atoms with Crippen LogP contribution in [0.2, 0.25) is 0 Å². The van der Waals surface area contributed by atoms with E-state index in [1.54, 1.807) is 48.7 Å². The number of rotatable bonds is 5. The Morgan fingerprint density at radius 3 is 2.70 bits per heavy atom. The zero-order chi connectivity index (χ0) is 21.1. The summed E-state index contributed by atoms with van der Waals surface area (Å²) in [6, 6.07) is 13.2. The molecular formula is C21H15BrFN5O2. The van der Waals surface area contributed by atoms with E-state index in [-0.39, 0.29) is 23.2 Å². The predicted molar refractivity (Wildman–Crippen MR) is 115 cm³/mol. The Hall–Kier alpha value is -3.59. The van der Waals surface area contributed by atoms with Crippen LogP contribution in [0.3, 0.4) is 0 Å². The minimum absolute atomic E-state index is 0.259. The van der Waals surface area contributed by atoms with Gasteiger partial charge >= 0.3 is 0 Å². The highest BCUT2D eigenvalue weighted by molar-refractivity contribution is 9.10. The first-order valence-corrected chi connectivity index (χ1v) is 9.66. The van der Waals surface area contributed by atoms with E-state index >= 15 is 0 Å². The number of benzene rings is 2. The highest BCUT2D eigenvalue weighted by Gasteiger charge is 2.09. The van der Waals surface area contributed by atoms with Crippen molar-refractivity contribution < 1.29 is 13.9 Å². The number of aromatic nitrogens is 3. The first-order valence-electron chi connectivity index (χ1n) is 8.87. The van der Waals surface area contributed by atoms with Gasteiger partial charge in [0.1, 0.15) is 23.0 Å². The van der Waals surface area contributed by atoms with E-state index in [1.807, 2.05) is 0 Å². The molecule has 2 aromatic carbocycles. The fraction of sp³-hybridized carbons (Fsp3) is 0.0476. The molecule has 1 amide bonds. The van der Waals surface area contributed by atoms with E-state index in [2.05, 4.69) is 41.5 Å². The number of carbonyl (C=O) groups is 1. The quantitative estimate of drug-likeness (QED) is 0.437. The van der Waals surface area contributed by atoms with Crippen LogP contribution in [0.25, 0.3) is 10.9 Å². The molecule has 150 valence electrons. The fourth-order valence-electron chi connectivity index (χ4n) is 2.71. The van der Waals surface area contributed by atoms with Crippen molar-refractivity contribution in [2.24, 2.45) is 0 Å². The monoisotopic (exact) mass is 467 g/mol. The standard InChI is InChI=1S/C21H15BrFN5O2/c1-24-20(29)19-10-15(6-7-25-19)30-14-3-5-17-12(8-14)11-26-21(27-17)28-18-4-2-13(22)9-16(18)23/h2-11H,1H3,(H,24,29)(H,26,27,28). The first-order chi connectivity index (χ1) is 14.5. The summed E-state index contributed by atoms with van der Waals surface area (Å²) in [5.74, 6) is 0.606. The molecule has 0 saturated carbocycles. The maximum absolute atomic E-state index is 14.0. The number of halogens is 2. The van der Waals surface area contributed by atoms with Crippen LogP contribution in [0.1, 0.15) is 10.5 Å². The Morgan fingerprint density at radius 2 is 1.90 bits per heavy atom. The highest BCUT2D eigenvalue weighted by Crippen LogP contribution is 2.26. The molecule has 0 bridgehead atoms. The van der Waals surface area contributed by atoms with E-state index in [1.165, 1.54) is 19.3 Å². The Labute approximate surface area is 179 Å². The maximum atomic E-state index is 14.0. The second-order valence-electron chi connectivity index (χ2n) is 6.22. The van der Waals surface area contributed by atoms with Crippen molar-refractivity contribution in [2.75, 3.05) is 12.4 Å². The van der Waals surface area contributed by atoms with Crippen molar-refractivity contribution in [3.05, 3.63) is 76.9 Å².